The Hall–Kier alpha value is -1.73. The molecule has 0 bridgehead atoms. The fourth-order valence-corrected chi connectivity index (χ4v) is 8.81. The number of carbonyl (C=O) groups is 3. The van der Waals surface area contributed by atoms with Crippen molar-refractivity contribution in [1.29, 1.82) is 0 Å². The number of rotatable bonds is 30. The van der Waals surface area contributed by atoms with E-state index in [9.17, 15) is 14.4 Å². The molecule has 4 atom stereocenters. The molecule has 0 aromatic rings. The molecule has 7 nitrogen and oxygen atoms in total. The molecule has 1 aliphatic carbocycles. The average molecular weight is 748 g/mol. The molecule has 7 heteroatoms. The fraction of sp³-hybridized carbons (Fsp3) is 0.891. The molecular formula is C46H85NO6. The Morgan fingerprint density at radius 3 is 1.92 bits per heavy atom. The van der Waals surface area contributed by atoms with Gasteiger partial charge < -0.3 is 23.9 Å². The molecule has 0 radical (unpaired) electrons. The molecule has 1 heterocycles. The third-order valence-corrected chi connectivity index (χ3v) is 11.1. The zero-order chi connectivity index (χ0) is 39.0. The van der Waals surface area contributed by atoms with Crippen LogP contribution >= 0.6 is 0 Å². The van der Waals surface area contributed by atoms with E-state index in [1.807, 2.05) is 0 Å². The number of esters is 2. The number of likely N-dealkylation sites (tertiary alicyclic amines) is 1. The molecule has 1 saturated heterocycles. The highest BCUT2D eigenvalue weighted by atomic mass is 16.5. The molecule has 310 valence electrons. The van der Waals surface area contributed by atoms with Crippen LogP contribution in [0.1, 0.15) is 189 Å². The van der Waals surface area contributed by atoms with E-state index in [2.05, 4.69) is 51.7 Å². The van der Waals surface area contributed by atoms with E-state index < -0.39 is 0 Å². The van der Waals surface area contributed by atoms with Crippen molar-refractivity contribution in [2.24, 2.45) is 29.1 Å². The molecule has 0 aromatic heterocycles. The number of hydrogen-bond donors (Lipinski definition) is 0. The van der Waals surface area contributed by atoms with Gasteiger partial charge in [0.1, 0.15) is 6.29 Å². The maximum Gasteiger partial charge on any atom is 0.305 e. The van der Waals surface area contributed by atoms with Gasteiger partial charge in [0.2, 0.25) is 0 Å². The molecule has 1 aliphatic heterocycles. The van der Waals surface area contributed by atoms with Gasteiger partial charge in [-0.15, -0.1) is 0 Å². The summed E-state index contributed by atoms with van der Waals surface area (Å²) >= 11 is 0. The second-order valence-corrected chi connectivity index (χ2v) is 17.3. The monoisotopic (exact) mass is 748 g/mol. The van der Waals surface area contributed by atoms with E-state index in [0.717, 1.165) is 63.4 Å². The lowest BCUT2D eigenvalue weighted by molar-refractivity contribution is -0.148. The van der Waals surface area contributed by atoms with Gasteiger partial charge in [-0.3, -0.25) is 9.59 Å². The Kier molecular flexibility index (Phi) is 30.2. The van der Waals surface area contributed by atoms with Crippen molar-refractivity contribution >= 4 is 18.2 Å². The summed E-state index contributed by atoms with van der Waals surface area (Å²) in [5.74, 6) is 2.09. The van der Waals surface area contributed by atoms with Gasteiger partial charge in [0.25, 0.3) is 0 Å². The number of ether oxygens (including phenoxy) is 3. The topological polar surface area (TPSA) is 82.1 Å². The molecule has 1 saturated carbocycles. The third-order valence-electron chi connectivity index (χ3n) is 11.1. The molecule has 2 fully saturated rings. The van der Waals surface area contributed by atoms with Crippen LogP contribution in [0.25, 0.3) is 0 Å². The first-order valence-electron chi connectivity index (χ1n) is 22.2. The highest BCUT2D eigenvalue weighted by molar-refractivity contribution is 5.69. The predicted molar refractivity (Wildman–Crippen MR) is 221 cm³/mol. The number of allylic oxidation sites excluding steroid dienone is 2. The summed E-state index contributed by atoms with van der Waals surface area (Å²) in [6.45, 7) is 16.0. The van der Waals surface area contributed by atoms with Crippen LogP contribution in [0.2, 0.25) is 0 Å². The van der Waals surface area contributed by atoms with E-state index >= 15 is 0 Å². The van der Waals surface area contributed by atoms with Crippen molar-refractivity contribution in [3.05, 3.63) is 12.2 Å². The molecule has 2 unspecified atom stereocenters. The second-order valence-electron chi connectivity index (χ2n) is 17.3. The molecule has 0 N–H and O–H groups in total. The number of unbranched alkanes of at least 4 members (excludes halogenated alkanes) is 11. The van der Waals surface area contributed by atoms with Crippen molar-refractivity contribution in [2.45, 2.75) is 189 Å². The average Bonchev–Trinajstić information content (AvgIpc) is 3.62. The maximum atomic E-state index is 12.1. The van der Waals surface area contributed by atoms with Crippen LogP contribution < -0.4 is 0 Å². The van der Waals surface area contributed by atoms with Crippen LogP contribution in [0.5, 0.6) is 0 Å². The Labute approximate surface area is 327 Å². The van der Waals surface area contributed by atoms with Gasteiger partial charge in [-0.1, -0.05) is 98.1 Å². The van der Waals surface area contributed by atoms with E-state index in [-0.39, 0.29) is 17.9 Å². The molecule has 2 rings (SSSR count). The fourth-order valence-electron chi connectivity index (χ4n) is 8.81. The predicted octanol–water partition coefficient (Wildman–Crippen LogP) is 11.7. The first-order valence-corrected chi connectivity index (χ1v) is 22.2. The first-order chi connectivity index (χ1) is 25.6. The van der Waals surface area contributed by atoms with Gasteiger partial charge in [-0.25, -0.2) is 0 Å². The van der Waals surface area contributed by atoms with Crippen LogP contribution in [0.3, 0.4) is 0 Å². The van der Waals surface area contributed by atoms with Gasteiger partial charge in [0, 0.05) is 32.3 Å². The molecule has 2 aliphatic rings. The second kappa shape index (κ2) is 32.5. The molecular weight excluding hydrogens is 663 g/mol. The lowest BCUT2D eigenvalue weighted by Gasteiger charge is -2.43. The van der Waals surface area contributed by atoms with Crippen molar-refractivity contribution < 1.29 is 28.6 Å². The lowest BCUT2D eigenvalue weighted by atomic mass is 9.62. The van der Waals surface area contributed by atoms with E-state index in [1.54, 1.807) is 7.11 Å². The third kappa shape index (κ3) is 27.5. The maximum absolute atomic E-state index is 12.1. The normalized spacial score (nSPS) is 21.0. The summed E-state index contributed by atoms with van der Waals surface area (Å²) in [5.41, 5.74) is 0.326. The summed E-state index contributed by atoms with van der Waals surface area (Å²) in [4.78, 5) is 37.4. The summed E-state index contributed by atoms with van der Waals surface area (Å²) in [6.07, 6.45) is 32.9. The quantitative estimate of drug-likeness (QED) is 0.0313. The van der Waals surface area contributed by atoms with Crippen LogP contribution in [0.4, 0.5) is 0 Å². The minimum absolute atomic E-state index is 0.0536. The first kappa shape index (κ1) is 49.3. The van der Waals surface area contributed by atoms with Gasteiger partial charge >= 0.3 is 11.9 Å². The molecule has 53 heavy (non-hydrogen) atoms. The van der Waals surface area contributed by atoms with Gasteiger partial charge in [-0.2, -0.15) is 0 Å². The van der Waals surface area contributed by atoms with Crippen molar-refractivity contribution in [1.82, 2.24) is 4.90 Å². The van der Waals surface area contributed by atoms with Gasteiger partial charge in [0.05, 0.1) is 19.8 Å². The molecule has 0 amide bonds. The van der Waals surface area contributed by atoms with Crippen molar-refractivity contribution in [3.63, 3.8) is 0 Å². The highest BCUT2D eigenvalue weighted by Crippen LogP contribution is 2.48. The highest BCUT2D eigenvalue weighted by Gasteiger charge is 2.37. The van der Waals surface area contributed by atoms with Gasteiger partial charge in [-0.05, 0) is 126 Å². The Morgan fingerprint density at radius 1 is 0.774 bits per heavy atom. The number of carbonyl (C=O) groups excluding carboxylic acids is 3. The molecule has 0 spiro atoms. The van der Waals surface area contributed by atoms with Crippen LogP contribution in [0, 0.1) is 29.1 Å². The number of methoxy groups -OCH3 is 1. The smallest absolute Gasteiger partial charge is 0.305 e. The van der Waals surface area contributed by atoms with Crippen molar-refractivity contribution in [3.8, 4) is 0 Å². The number of aldehydes is 1. The minimum Gasteiger partial charge on any atom is -0.466 e. The zero-order valence-corrected chi connectivity index (χ0v) is 35.7. The molecule has 0 aromatic carbocycles. The van der Waals surface area contributed by atoms with Crippen molar-refractivity contribution in [2.75, 3.05) is 46.6 Å². The Balaban J connectivity index is 0.000000776. The lowest BCUT2D eigenvalue weighted by Crippen LogP contribution is -2.33. The minimum atomic E-state index is -0.136. The summed E-state index contributed by atoms with van der Waals surface area (Å²) in [7, 11) is 1.64. The van der Waals surface area contributed by atoms with E-state index in [4.69, 9.17) is 14.2 Å². The number of nitrogens with zero attached hydrogens (tertiary/aromatic N) is 1. The summed E-state index contributed by atoms with van der Waals surface area (Å²) in [5, 5.41) is 0. The standard InChI is InChI=1S/C32H59NO5.C14H26O/c1-3-4-5-6-7-8-9-10-11-12-13-14-15-16-17-21-32(35)38-29-30(28-36-2)23-27-37-31(34)22-20-26-33-24-18-19-25-33;1-11(2)8-14(5-6-15)9-12(3)7-13(4)10-14/h7-8,30H,3-6,9-29H2,1-2H3;6,11-13H,5,7-10H2,1-4H3/b8-7-;/t30-;12-,13?,14?/m11/s1. The van der Waals surface area contributed by atoms with Gasteiger partial charge in [0.15, 0.2) is 0 Å². The largest absolute Gasteiger partial charge is 0.466 e. The summed E-state index contributed by atoms with van der Waals surface area (Å²) in [6, 6.07) is 0. The van der Waals surface area contributed by atoms with E-state index in [0.29, 0.717) is 50.4 Å². The van der Waals surface area contributed by atoms with Crippen LogP contribution in [-0.2, 0) is 28.6 Å². The Bertz CT molecular complexity index is 913. The van der Waals surface area contributed by atoms with Crippen LogP contribution in [-0.4, -0.2) is 69.7 Å². The SMILES string of the molecule is CC(C)CC1(CC=O)CC(C)C[C@@H](C)C1.CCCCC/C=C\CCCCCCCCCCC(=O)OC[C@H](CCOC(=O)CCCN1CCCC1)COC. The number of hydrogen-bond acceptors (Lipinski definition) is 7. The van der Waals surface area contributed by atoms with E-state index in [1.165, 1.54) is 109 Å². The Morgan fingerprint density at radius 2 is 1.34 bits per heavy atom. The summed E-state index contributed by atoms with van der Waals surface area (Å²) < 4.78 is 16.1. The zero-order valence-electron chi connectivity index (χ0n) is 35.7. The van der Waals surface area contributed by atoms with Crippen LogP contribution in [0.15, 0.2) is 12.2 Å².